The topological polar surface area (TPSA) is 46.9 Å². The Morgan fingerprint density at radius 2 is 2.05 bits per heavy atom. The van der Waals surface area contributed by atoms with E-state index in [4.69, 9.17) is 0 Å². The highest BCUT2D eigenvalue weighted by Crippen LogP contribution is 2.18. The predicted molar refractivity (Wildman–Crippen MR) is 76.4 cm³/mol. The normalized spacial score (nSPS) is 10.6. The zero-order valence-electron chi connectivity index (χ0n) is 11.7. The van der Waals surface area contributed by atoms with E-state index >= 15 is 0 Å². The van der Waals surface area contributed by atoms with Crippen LogP contribution >= 0.6 is 0 Å². The molecule has 4 nitrogen and oxygen atoms in total. The minimum atomic E-state index is -0.300. The van der Waals surface area contributed by atoms with Gasteiger partial charge in [-0.2, -0.15) is 5.10 Å². The van der Waals surface area contributed by atoms with Gasteiger partial charge in [0.25, 0.3) is 0 Å². The van der Waals surface area contributed by atoms with Crippen molar-refractivity contribution in [3.63, 3.8) is 0 Å². The number of aromatic nitrogens is 2. The standard InChI is InChI=1S/C15H18FN3O/c1-3-4-5-15(20)17-14-10-11(2)18-19(14)13-8-6-12(16)7-9-13/h6-10H,3-5H2,1-2H3,(H,17,20). The van der Waals surface area contributed by atoms with E-state index in [1.165, 1.54) is 12.1 Å². The van der Waals surface area contributed by atoms with Crippen LogP contribution in [-0.4, -0.2) is 15.7 Å². The Hall–Kier alpha value is -2.17. The van der Waals surface area contributed by atoms with Crippen LogP contribution in [-0.2, 0) is 4.79 Å². The molecule has 0 aliphatic heterocycles. The third-order valence-electron chi connectivity index (χ3n) is 2.93. The number of nitrogens with one attached hydrogen (secondary N) is 1. The molecule has 2 rings (SSSR count). The van der Waals surface area contributed by atoms with Gasteiger partial charge in [-0.15, -0.1) is 0 Å². The van der Waals surface area contributed by atoms with Crippen molar-refractivity contribution in [1.82, 2.24) is 9.78 Å². The van der Waals surface area contributed by atoms with Gasteiger partial charge in [-0.1, -0.05) is 13.3 Å². The molecular weight excluding hydrogens is 257 g/mol. The zero-order valence-corrected chi connectivity index (χ0v) is 11.7. The Kier molecular flexibility index (Phi) is 4.50. The molecule has 1 aromatic heterocycles. The van der Waals surface area contributed by atoms with Crippen molar-refractivity contribution in [3.05, 3.63) is 41.8 Å². The smallest absolute Gasteiger partial charge is 0.225 e. The number of anilines is 1. The number of carbonyl (C=O) groups is 1. The van der Waals surface area contributed by atoms with Crippen LogP contribution in [0.15, 0.2) is 30.3 Å². The highest BCUT2D eigenvalue weighted by Gasteiger charge is 2.10. The van der Waals surface area contributed by atoms with E-state index in [0.29, 0.717) is 17.9 Å². The number of benzene rings is 1. The summed E-state index contributed by atoms with van der Waals surface area (Å²) in [6, 6.07) is 7.80. The Bertz CT molecular complexity index is 590. The van der Waals surface area contributed by atoms with Crippen LogP contribution in [0.2, 0.25) is 0 Å². The van der Waals surface area contributed by atoms with Gasteiger partial charge in [0.15, 0.2) is 0 Å². The first-order valence-electron chi connectivity index (χ1n) is 6.72. The van der Waals surface area contributed by atoms with Gasteiger partial charge in [-0.05, 0) is 37.6 Å². The van der Waals surface area contributed by atoms with Gasteiger partial charge in [-0.25, -0.2) is 9.07 Å². The SMILES string of the molecule is CCCCC(=O)Nc1cc(C)nn1-c1ccc(F)cc1. The summed E-state index contributed by atoms with van der Waals surface area (Å²) in [6.45, 7) is 3.89. The first-order chi connectivity index (χ1) is 9.60. The van der Waals surface area contributed by atoms with Gasteiger partial charge in [0.2, 0.25) is 5.91 Å². The van der Waals surface area contributed by atoms with E-state index in [2.05, 4.69) is 10.4 Å². The lowest BCUT2D eigenvalue weighted by atomic mass is 10.2. The molecule has 106 valence electrons. The molecule has 0 fully saturated rings. The van der Waals surface area contributed by atoms with Gasteiger partial charge in [0, 0.05) is 12.5 Å². The molecule has 1 N–H and O–H groups in total. The molecule has 0 bridgehead atoms. The fourth-order valence-electron chi connectivity index (χ4n) is 1.91. The second kappa shape index (κ2) is 6.32. The van der Waals surface area contributed by atoms with Gasteiger partial charge in [0.05, 0.1) is 11.4 Å². The van der Waals surface area contributed by atoms with Crippen LogP contribution in [0, 0.1) is 12.7 Å². The van der Waals surface area contributed by atoms with Crippen LogP contribution in [0.1, 0.15) is 31.9 Å². The molecule has 1 heterocycles. The molecule has 0 saturated carbocycles. The maximum absolute atomic E-state index is 13.0. The third-order valence-corrected chi connectivity index (χ3v) is 2.93. The summed E-state index contributed by atoms with van der Waals surface area (Å²) in [7, 11) is 0. The summed E-state index contributed by atoms with van der Waals surface area (Å²) < 4.78 is 14.6. The number of hydrogen-bond acceptors (Lipinski definition) is 2. The molecule has 20 heavy (non-hydrogen) atoms. The first kappa shape index (κ1) is 14.2. The molecular formula is C15H18FN3O. The second-order valence-electron chi connectivity index (χ2n) is 4.71. The monoisotopic (exact) mass is 275 g/mol. The van der Waals surface area contributed by atoms with E-state index in [0.717, 1.165) is 18.5 Å². The number of rotatable bonds is 5. The lowest BCUT2D eigenvalue weighted by Gasteiger charge is -2.08. The Morgan fingerprint density at radius 3 is 2.70 bits per heavy atom. The maximum atomic E-state index is 13.0. The zero-order chi connectivity index (χ0) is 14.5. The molecule has 0 atom stereocenters. The molecule has 0 aliphatic carbocycles. The van der Waals surface area contributed by atoms with Gasteiger partial charge in [0.1, 0.15) is 11.6 Å². The molecule has 2 aromatic rings. The van der Waals surface area contributed by atoms with Gasteiger partial charge >= 0.3 is 0 Å². The molecule has 1 aromatic carbocycles. The summed E-state index contributed by atoms with van der Waals surface area (Å²) in [6.07, 6.45) is 2.32. The van der Waals surface area contributed by atoms with E-state index < -0.39 is 0 Å². The van der Waals surface area contributed by atoms with E-state index in [1.54, 1.807) is 22.9 Å². The summed E-state index contributed by atoms with van der Waals surface area (Å²) in [5.74, 6) is 0.275. The van der Waals surface area contributed by atoms with Crippen LogP contribution in [0.4, 0.5) is 10.2 Å². The summed E-state index contributed by atoms with van der Waals surface area (Å²) >= 11 is 0. The average Bonchev–Trinajstić information content (AvgIpc) is 2.78. The number of halogens is 1. The third kappa shape index (κ3) is 3.44. The quantitative estimate of drug-likeness (QED) is 0.908. The van der Waals surface area contributed by atoms with Gasteiger partial charge < -0.3 is 5.32 Å². The molecule has 5 heteroatoms. The van der Waals surface area contributed by atoms with Gasteiger partial charge in [-0.3, -0.25) is 4.79 Å². The number of amides is 1. The Labute approximate surface area is 117 Å². The van der Waals surface area contributed by atoms with Crippen molar-refractivity contribution in [2.45, 2.75) is 33.1 Å². The number of aryl methyl sites for hydroxylation is 1. The number of nitrogens with zero attached hydrogens (tertiary/aromatic N) is 2. The highest BCUT2D eigenvalue weighted by atomic mass is 19.1. The van der Waals surface area contributed by atoms with Crippen molar-refractivity contribution < 1.29 is 9.18 Å². The second-order valence-corrected chi connectivity index (χ2v) is 4.71. The number of carbonyl (C=O) groups excluding carboxylic acids is 1. The molecule has 0 aliphatic rings. The number of unbranched alkanes of at least 4 members (excludes halogenated alkanes) is 1. The Balaban J connectivity index is 2.22. The van der Waals surface area contributed by atoms with Crippen molar-refractivity contribution >= 4 is 11.7 Å². The minimum absolute atomic E-state index is 0.0323. The number of hydrogen-bond donors (Lipinski definition) is 1. The molecule has 0 radical (unpaired) electrons. The molecule has 0 unspecified atom stereocenters. The first-order valence-corrected chi connectivity index (χ1v) is 6.72. The molecule has 0 spiro atoms. The predicted octanol–water partition coefficient (Wildman–Crippen LogP) is 3.45. The van der Waals surface area contributed by atoms with Crippen molar-refractivity contribution in [1.29, 1.82) is 0 Å². The lowest BCUT2D eigenvalue weighted by molar-refractivity contribution is -0.116. The van der Waals surface area contributed by atoms with Crippen molar-refractivity contribution in [2.75, 3.05) is 5.32 Å². The van der Waals surface area contributed by atoms with Crippen LogP contribution in [0.25, 0.3) is 5.69 Å². The average molecular weight is 275 g/mol. The van der Waals surface area contributed by atoms with Crippen LogP contribution in [0.5, 0.6) is 0 Å². The highest BCUT2D eigenvalue weighted by molar-refractivity contribution is 5.90. The van der Waals surface area contributed by atoms with E-state index in [1.807, 2.05) is 13.8 Å². The largest absolute Gasteiger partial charge is 0.311 e. The fraction of sp³-hybridized carbons (Fsp3) is 0.333. The summed E-state index contributed by atoms with van der Waals surface area (Å²) in [5, 5.41) is 7.17. The summed E-state index contributed by atoms with van der Waals surface area (Å²) in [5.41, 5.74) is 1.51. The lowest BCUT2D eigenvalue weighted by Crippen LogP contribution is -2.14. The molecule has 1 amide bonds. The van der Waals surface area contributed by atoms with Crippen LogP contribution < -0.4 is 5.32 Å². The maximum Gasteiger partial charge on any atom is 0.225 e. The van der Waals surface area contributed by atoms with Crippen molar-refractivity contribution in [3.8, 4) is 5.69 Å². The minimum Gasteiger partial charge on any atom is -0.311 e. The van der Waals surface area contributed by atoms with E-state index in [9.17, 15) is 9.18 Å². The van der Waals surface area contributed by atoms with Crippen molar-refractivity contribution in [2.24, 2.45) is 0 Å². The Morgan fingerprint density at radius 1 is 1.35 bits per heavy atom. The molecule has 0 saturated heterocycles. The van der Waals surface area contributed by atoms with E-state index in [-0.39, 0.29) is 11.7 Å². The summed E-state index contributed by atoms with van der Waals surface area (Å²) in [4.78, 5) is 11.8. The van der Waals surface area contributed by atoms with Crippen LogP contribution in [0.3, 0.4) is 0 Å². The fourth-order valence-corrected chi connectivity index (χ4v) is 1.91.